The summed E-state index contributed by atoms with van der Waals surface area (Å²) in [6.45, 7) is 3.28. The van der Waals surface area contributed by atoms with E-state index in [9.17, 15) is 4.79 Å². The van der Waals surface area contributed by atoms with Crippen LogP contribution in [0.25, 0.3) is 0 Å². The lowest BCUT2D eigenvalue weighted by Crippen LogP contribution is -2.18. The van der Waals surface area contributed by atoms with Crippen LogP contribution in [-0.4, -0.2) is 29.3 Å². The third-order valence-corrected chi connectivity index (χ3v) is 3.53. The van der Waals surface area contributed by atoms with Crippen molar-refractivity contribution in [2.75, 3.05) is 13.6 Å². The lowest BCUT2D eigenvalue weighted by Gasteiger charge is -2.22. The monoisotopic (exact) mass is 202 g/mol. The average molecular weight is 202 g/mol. The van der Waals surface area contributed by atoms with Crippen molar-refractivity contribution in [2.45, 2.75) is 12.8 Å². The van der Waals surface area contributed by atoms with E-state index in [2.05, 4.69) is 23.9 Å². The molecule has 1 aliphatic carbocycles. The number of rotatable bonds is 0. The third-order valence-electron chi connectivity index (χ3n) is 3.53. The van der Waals surface area contributed by atoms with Crippen molar-refractivity contribution < 1.29 is 4.79 Å². The van der Waals surface area contributed by atoms with Gasteiger partial charge in [0, 0.05) is 37.5 Å². The zero-order chi connectivity index (χ0) is 10.6. The van der Waals surface area contributed by atoms with Crippen molar-refractivity contribution in [1.82, 2.24) is 9.88 Å². The summed E-state index contributed by atoms with van der Waals surface area (Å²) in [7, 11) is 2.06. The van der Waals surface area contributed by atoms with Crippen LogP contribution < -0.4 is 0 Å². The standard InChI is InChI=1S/C12H14N2O/c1-7-6-14(2)9-5-10(15)12-8(11(7)9)3-4-13-12/h3-5,7,11,13H,6H2,1-2H3/t7-,11?/m1/s1. The van der Waals surface area contributed by atoms with Gasteiger partial charge < -0.3 is 9.88 Å². The van der Waals surface area contributed by atoms with Crippen molar-refractivity contribution in [1.29, 1.82) is 0 Å². The second kappa shape index (κ2) is 2.75. The number of aromatic nitrogens is 1. The predicted molar refractivity (Wildman–Crippen MR) is 57.7 cm³/mol. The quantitative estimate of drug-likeness (QED) is 0.696. The van der Waals surface area contributed by atoms with Gasteiger partial charge >= 0.3 is 0 Å². The lowest BCUT2D eigenvalue weighted by atomic mass is 9.83. The van der Waals surface area contributed by atoms with Gasteiger partial charge in [-0.05, 0) is 17.5 Å². The van der Waals surface area contributed by atoms with Crippen LogP contribution in [0.15, 0.2) is 24.0 Å². The Morgan fingerprint density at radius 2 is 2.33 bits per heavy atom. The molecule has 0 radical (unpaired) electrons. The fourth-order valence-corrected chi connectivity index (χ4v) is 2.90. The Labute approximate surface area is 88.8 Å². The highest BCUT2D eigenvalue weighted by molar-refractivity contribution is 6.06. The number of H-pyrrole nitrogens is 1. The number of likely N-dealkylation sites (N-methyl/N-ethyl adjacent to an activating group) is 1. The van der Waals surface area contributed by atoms with Gasteiger partial charge in [0.15, 0.2) is 0 Å². The van der Waals surface area contributed by atoms with E-state index in [-0.39, 0.29) is 5.78 Å². The highest BCUT2D eigenvalue weighted by Gasteiger charge is 2.39. The zero-order valence-electron chi connectivity index (χ0n) is 8.95. The zero-order valence-corrected chi connectivity index (χ0v) is 8.95. The van der Waals surface area contributed by atoms with E-state index in [4.69, 9.17) is 0 Å². The summed E-state index contributed by atoms with van der Waals surface area (Å²) >= 11 is 0. The van der Waals surface area contributed by atoms with E-state index in [1.807, 2.05) is 12.3 Å². The summed E-state index contributed by atoms with van der Waals surface area (Å²) in [4.78, 5) is 17.0. The van der Waals surface area contributed by atoms with Crippen molar-refractivity contribution >= 4 is 5.78 Å². The van der Waals surface area contributed by atoms with Crippen LogP contribution in [0.2, 0.25) is 0 Å². The van der Waals surface area contributed by atoms with E-state index < -0.39 is 0 Å². The minimum Gasteiger partial charge on any atom is -0.377 e. The molecule has 15 heavy (non-hydrogen) atoms. The number of likely N-dealkylation sites (tertiary alicyclic amines) is 1. The van der Waals surface area contributed by atoms with Gasteiger partial charge in [0.05, 0.1) is 5.69 Å². The fourth-order valence-electron chi connectivity index (χ4n) is 2.90. The molecule has 1 aliphatic heterocycles. The van der Waals surface area contributed by atoms with Crippen LogP contribution in [0, 0.1) is 5.92 Å². The topological polar surface area (TPSA) is 36.1 Å². The van der Waals surface area contributed by atoms with Crippen molar-refractivity contribution in [3.63, 3.8) is 0 Å². The van der Waals surface area contributed by atoms with Gasteiger partial charge in [-0.15, -0.1) is 0 Å². The molecule has 1 fully saturated rings. The van der Waals surface area contributed by atoms with E-state index in [0.29, 0.717) is 11.8 Å². The number of carbonyl (C=O) groups is 1. The van der Waals surface area contributed by atoms with Crippen LogP contribution in [-0.2, 0) is 0 Å². The number of aromatic amines is 1. The Bertz CT molecular complexity index is 458. The molecule has 0 bridgehead atoms. The molecule has 2 heterocycles. The molecular formula is C12H14N2O. The van der Waals surface area contributed by atoms with Crippen molar-refractivity contribution in [3.05, 3.63) is 35.3 Å². The number of carbonyl (C=O) groups excluding carboxylic acids is 1. The highest BCUT2D eigenvalue weighted by atomic mass is 16.1. The molecule has 3 rings (SSSR count). The number of hydrogen-bond donors (Lipinski definition) is 1. The Hall–Kier alpha value is -1.51. The maximum atomic E-state index is 11.8. The molecule has 0 spiro atoms. The molecule has 2 aliphatic rings. The first kappa shape index (κ1) is 8.77. The minimum absolute atomic E-state index is 0.113. The van der Waals surface area contributed by atoms with Gasteiger partial charge in [0.1, 0.15) is 0 Å². The number of nitrogens with zero attached hydrogens (tertiary/aromatic N) is 1. The minimum atomic E-state index is 0.113. The number of nitrogens with one attached hydrogen (secondary N) is 1. The molecule has 2 atom stereocenters. The summed E-state index contributed by atoms with van der Waals surface area (Å²) in [5, 5.41) is 0. The van der Waals surface area contributed by atoms with Crippen LogP contribution >= 0.6 is 0 Å². The molecule has 3 nitrogen and oxygen atoms in total. The number of allylic oxidation sites excluding steroid dienone is 2. The smallest absolute Gasteiger partial charge is 0.204 e. The van der Waals surface area contributed by atoms with Gasteiger partial charge in [0.2, 0.25) is 5.78 Å². The van der Waals surface area contributed by atoms with E-state index in [1.54, 1.807) is 6.08 Å². The SMILES string of the molecule is C[C@@H]1CN(C)C2=CC(=O)c3[nH]ccc3C21. The summed E-state index contributed by atoms with van der Waals surface area (Å²) in [5.41, 5.74) is 3.14. The number of fused-ring (bicyclic) bond motifs is 3. The molecule has 1 aromatic heterocycles. The van der Waals surface area contributed by atoms with Gasteiger partial charge in [-0.3, -0.25) is 4.79 Å². The summed E-state index contributed by atoms with van der Waals surface area (Å²) in [6, 6.07) is 2.04. The van der Waals surface area contributed by atoms with Gasteiger partial charge in [-0.25, -0.2) is 0 Å². The second-order valence-electron chi connectivity index (χ2n) is 4.58. The Balaban J connectivity index is 2.18. The molecule has 1 unspecified atom stereocenters. The summed E-state index contributed by atoms with van der Waals surface area (Å²) in [6.07, 6.45) is 3.65. The maximum Gasteiger partial charge on any atom is 0.204 e. The van der Waals surface area contributed by atoms with Crippen LogP contribution in [0.4, 0.5) is 0 Å². The maximum absolute atomic E-state index is 11.8. The largest absolute Gasteiger partial charge is 0.377 e. The third kappa shape index (κ3) is 1.03. The summed E-state index contributed by atoms with van der Waals surface area (Å²) < 4.78 is 0. The van der Waals surface area contributed by atoms with Gasteiger partial charge in [-0.1, -0.05) is 6.92 Å². The highest BCUT2D eigenvalue weighted by Crippen LogP contribution is 2.43. The first-order chi connectivity index (χ1) is 7.18. The molecule has 3 heteroatoms. The van der Waals surface area contributed by atoms with Crippen molar-refractivity contribution in [3.8, 4) is 0 Å². The molecule has 0 saturated carbocycles. The molecule has 1 aromatic rings. The van der Waals surface area contributed by atoms with Crippen LogP contribution in [0.5, 0.6) is 0 Å². The Morgan fingerprint density at radius 3 is 3.13 bits per heavy atom. The van der Waals surface area contributed by atoms with Gasteiger partial charge in [-0.2, -0.15) is 0 Å². The first-order valence-corrected chi connectivity index (χ1v) is 5.33. The van der Waals surface area contributed by atoms with E-state index >= 15 is 0 Å². The van der Waals surface area contributed by atoms with Crippen LogP contribution in [0.1, 0.15) is 28.9 Å². The molecule has 0 aromatic carbocycles. The molecule has 0 amide bonds. The fraction of sp³-hybridized carbons (Fsp3) is 0.417. The first-order valence-electron chi connectivity index (χ1n) is 5.33. The van der Waals surface area contributed by atoms with Crippen molar-refractivity contribution in [2.24, 2.45) is 5.92 Å². The Morgan fingerprint density at radius 1 is 1.53 bits per heavy atom. The average Bonchev–Trinajstić information content (AvgIpc) is 2.73. The number of hydrogen-bond acceptors (Lipinski definition) is 2. The van der Waals surface area contributed by atoms with E-state index in [1.165, 1.54) is 11.3 Å². The van der Waals surface area contributed by atoms with Gasteiger partial charge in [0.25, 0.3) is 0 Å². The molecule has 1 N–H and O–H groups in total. The Kier molecular flexibility index (Phi) is 1.61. The molecule has 78 valence electrons. The normalized spacial score (nSPS) is 28.8. The summed E-state index contributed by atoms with van der Waals surface area (Å²) in [5.74, 6) is 1.11. The second-order valence-corrected chi connectivity index (χ2v) is 4.58. The molecular weight excluding hydrogens is 188 g/mol. The number of ketones is 1. The lowest BCUT2D eigenvalue weighted by molar-refractivity contribution is 0.103. The van der Waals surface area contributed by atoms with Crippen LogP contribution in [0.3, 0.4) is 0 Å². The molecule has 1 saturated heterocycles. The predicted octanol–water partition coefficient (Wildman–Crippen LogP) is 1.76. The van der Waals surface area contributed by atoms with E-state index in [0.717, 1.165) is 12.2 Å².